The summed E-state index contributed by atoms with van der Waals surface area (Å²) in [7, 11) is 0. The summed E-state index contributed by atoms with van der Waals surface area (Å²) in [6.45, 7) is 6.96. The molecule has 0 saturated heterocycles. The van der Waals surface area contributed by atoms with E-state index in [4.69, 9.17) is 0 Å². The number of nitrogens with zero attached hydrogens (tertiary/aromatic N) is 3. The Morgan fingerprint density at radius 1 is 1.39 bits per heavy atom. The summed E-state index contributed by atoms with van der Waals surface area (Å²) in [5, 5.41) is 7.48. The number of aromatic nitrogens is 3. The van der Waals surface area contributed by atoms with Crippen molar-refractivity contribution in [2.45, 2.75) is 26.8 Å². The summed E-state index contributed by atoms with van der Waals surface area (Å²) < 4.78 is 0. The van der Waals surface area contributed by atoms with E-state index in [1.807, 2.05) is 19.2 Å². The lowest BCUT2D eigenvalue weighted by atomic mass is 10.3. The van der Waals surface area contributed by atoms with Gasteiger partial charge in [-0.2, -0.15) is 4.98 Å². The standard InChI is InChI=1S/C12H17N5S/c1-4-13-12-14-6-5-10(17-12)16-9(3)11-15-7-8(2)18-11/h5-7,9H,4H2,1-3H3,(H2,13,14,16,17). The van der Waals surface area contributed by atoms with E-state index in [0.717, 1.165) is 17.4 Å². The van der Waals surface area contributed by atoms with Gasteiger partial charge in [-0.25, -0.2) is 9.97 Å². The Morgan fingerprint density at radius 3 is 2.89 bits per heavy atom. The van der Waals surface area contributed by atoms with Crippen LogP contribution in [0.15, 0.2) is 18.5 Å². The van der Waals surface area contributed by atoms with Crippen molar-refractivity contribution in [3.8, 4) is 0 Å². The molecule has 2 aromatic rings. The molecule has 0 radical (unpaired) electrons. The normalized spacial score (nSPS) is 12.2. The van der Waals surface area contributed by atoms with Crippen LogP contribution < -0.4 is 10.6 Å². The Bertz CT molecular complexity index is 511. The first-order chi connectivity index (χ1) is 8.69. The molecule has 2 N–H and O–H groups in total. The molecule has 2 heterocycles. The fraction of sp³-hybridized carbons (Fsp3) is 0.417. The predicted molar refractivity (Wildman–Crippen MR) is 75.1 cm³/mol. The minimum atomic E-state index is 0.146. The van der Waals surface area contributed by atoms with Crippen LogP contribution >= 0.6 is 11.3 Å². The highest BCUT2D eigenvalue weighted by Crippen LogP contribution is 2.22. The molecule has 0 fully saturated rings. The Balaban J connectivity index is 2.06. The first kappa shape index (κ1) is 12.8. The van der Waals surface area contributed by atoms with Crippen LogP contribution in [0.3, 0.4) is 0 Å². The van der Waals surface area contributed by atoms with Crippen LogP contribution in [0.4, 0.5) is 11.8 Å². The molecular weight excluding hydrogens is 246 g/mol. The van der Waals surface area contributed by atoms with Gasteiger partial charge in [0.1, 0.15) is 10.8 Å². The number of thiazole rings is 1. The van der Waals surface area contributed by atoms with E-state index >= 15 is 0 Å². The molecule has 5 nitrogen and oxygen atoms in total. The van der Waals surface area contributed by atoms with Gasteiger partial charge in [-0.05, 0) is 26.8 Å². The van der Waals surface area contributed by atoms with Crippen molar-refractivity contribution in [3.63, 3.8) is 0 Å². The molecule has 1 unspecified atom stereocenters. The zero-order valence-electron chi connectivity index (χ0n) is 10.8. The van der Waals surface area contributed by atoms with Crippen molar-refractivity contribution < 1.29 is 0 Å². The quantitative estimate of drug-likeness (QED) is 0.868. The summed E-state index contributed by atoms with van der Waals surface area (Å²) in [5.74, 6) is 1.45. The third kappa shape index (κ3) is 3.16. The van der Waals surface area contributed by atoms with Gasteiger partial charge in [0.05, 0.1) is 6.04 Å². The molecule has 0 aliphatic rings. The lowest BCUT2D eigenvalue weighted by Gasteiger charge is -2.12. The summed E-state index contributed by atoms with van der Waals surface area (Å²) in [5.41, 5.74) is 0. The number of anilines is 2. The molecule has 0 aliphatic carbocycles. The molecule has 2 aromatic heterocycles. The highest BCUT2D eigenvalue weighted by atomic mass is 32.1. The van der Waals surface area contributed by atoms with E-state index in [9.17, 15) is 0 Å². The molecular formula is C12H17N5S. The maximum atomic E-state index is 4.38. The Kier molecular flexibility index (Phi) is 4.09. The first-order valence-electron chi connectivity index (χ1n) is 5.95. The van der Waals surface area contributed by atoms with Crippen LogP contribution in [0.1, 0.15) is 29.8 Å². The van der Waals surface area contributed by atoms with Gasteiger partial charge in [0.25, 0.3) is 0 Å². The largest absolute Gasteiger partial charge is 0.361 e. The monoisotopic (exact) mass is 263 g/mol. The Labute approximate surface area is 111 Å². The van der Waals surface area contributed by atoms with Crippen LogP contribution in [-0.4, -0.2) is 21.5 Å². The minimum absolute atomic E-state index is 0.146. The van der Waals surface area contributed by atoms with E-state index < -0.39 is 0 Å². The molecule has 0 saturated carbocycles. The first-order valence-corrected chi connectivity index (χ1v) is 6.76. The van der Waals surface area contributed by atoms with Crippen molar-refractivity contribution in [1.82, 2.24) is 15.0 Å². The topological polar surface area (TPSA) is 62.7 Å². The van der Waals surface area contributed by atoms with E-state index in [1.165, 1.54) is 4.88 Å². The highest BCUT2D eigenvalue weighted by Gasteiger charge is 2.10. The van der Waals surface area contributed by atoms with Gasteiger partial charge in [0, 0.05) is 23.8 Å². The van der Waals surface area contributed by atoms with Crippen molar-refractivity contribution >= 4 is 23.1 Å². The van der Waals surface area contributed by atoms with Gasteiger partial charge in [-0.15, -0.1) is 11.3 Å². The molecule has 2 rings (SSSR count). The van der Waals surface area contributed by atoms with Crippen LogP contribution in [0.2, 0.25) is 0 Å². The van der Waals surface area contributed by atoms with Crippen LogP contribution in [0.5, 0.6) is 0 Å². The van der Waals surface area contributed by atoms with Crippen molar-refractivity contribution in [1.29, 1.82) is 0 Å². The number of hydrogen-bond acceptors (Lipinski definition) is 6. The third-order valence-corrected chi connectivity index (χ3v) is 3.46. The van der Waals surface area contributed by atoms with Crippen LogP contribution in [0, 0.1) is 6.92 Å². The lowest BCUT2D eigenvalue weighted by Crippen LogP contribution is -2.09. The van der Waals surface area contributed by atoms with Gasteiger partial charge in [-0.1, -0.05) is 0 Å². The number of aryl methyl sites for hydroxylation is 1. The van der Waals surface area contributed by atoms with Gasteiger partial charge in [0.2, 0.25) is 5.95 Å². The maximum absolute atomic E-state index is 4.38. The van der Waals surface area contributed by atoms with Gasteiger partial charge in [-0.3, -0.25) is 0 Å². The molecule has 18 heavy (non-hydrogen) atoms. The summed E-state index contributed by atoms with van der Waals surface area (Å²) in [6, 6.07) is 2.01. The van der Waals surface area contributed by atoms with Crippen LogP contribution in [0.25, 0.3) is 0 Å². The molecule has 1 atom stereocenters. The summed E-state index contributed by atoms with van der Waals surface area (Å²) >= 11 is 1.70. The van der Waals surface area contributed by atoms with E-state index in [-0.39, 0.29) is 6.04 Å². The number of rotatable bonds is 5. The minimum Gasteiger partial charge on any atom is -0.361 e. The average Bonchev–Trinajstić information content (AvgIpc) is 2.77. The zero-order chi connectivity index (χ0) is 13.0. The van der Waals surface area contributed by atoms with Crippen LogP contribution in [-0.2, 0) is 0 Å². The van der Waals surface area contributed by atoms with Crippen molar-refractivity contribution in [2.24, 2.45) is 0 Å². The molecule has 0 aromatic carbocycles. The fourth-order valence-electron chi connectivity index (χ4n) is 1.54. The highest BCUT2D eigenvalue weighted by molar-refractivity contribution is 7.11. The predicted octanol–water partition coefficient (Wildman–Crippen LogP) is 2.85. The van der Waals surface area contributed by atoms with E-state index in [0.29, 0.717) is 5.95 Å². The molecule has 0 amide bonds. The zero-order valence-corrected chi connectivity index (χ0v) is 11.6. The lowest BCUT2D eigenvalue weighted by molar-refractivity contribution is 0.858. The Morgan fingerprint density at radius 2 is 2.22 bits per heavy atom. The second kappa shape index (κ2) is 5.77. The Hall–Kier alpha value is -1.69. The van der Waals surface area contributed by atoms with Crippen molar-refractivity contribution in [3.05, 3.63) is 28.3 Å². The van der Waals surface area contributed by atoms with E-state index in [1.54, 1.807) is 17.5 Å². The SMILES string of the molecule is CCNc1nccc(NC(C)c2ncc(C)s2)n1. The molecule has 0 bridgehead atoms. The van der Waals surface area contributed by atoms with Crippen molar-refractivity contribution in [2.75, 3.05) is 17.2 Å². The fourth-order valence-corrected chi connectivity index (χ4v) is 2.31. The molecule has 6 heteroatoms. The average molecular weight is 263 g/mol. The van der Waals surface area contributed by atoms with Gasteiger partial charge < -0.3 is 10.6 Å². The van der Waals surface area contributed by atoms with Gasteiger partial charge in [0.15, 0.2) is 0 Å². The third-order valence-electron chi connectivity index (χ3n) is 2.36. The smallest absolute Gasteiger partial charge is 0.224 e. The summed E-state index contributed by atoms with van der Waals surface area (Å²) in [4.78, 5) is 14.1. The molecule has 0 spiro atoms. The number of hydrogen-bond donors (Lipinski definition) is 2. The van der Waals surface area contributed by atoms with E-state index in [2.05, 4.69) is 39.4 Å². The van der Waals surface area contributed by atoms with Gasteiger partial charge >= 0.3 is 0 Å². The second-order valence-corrected chi connectivity index (χ2v) is 5.24. The number of nitrogens with one attached hydrogen (secondary N) is 2. The second-order valence-electron chi connectivity index (χ2n) is 3.97. The maximum Gasteiger partial charge on any atom is 0.224 e. The summed E-state index contributed by atoms with van der Waals surface area (Å²) in [6.07, 6.45) is 3.63. The molecule has 96 valence electrons. The molecule has 0 aliphatic heterocycles.